The van der Waals surface area contributed by atoms with Crippen molar-refractivity contribution in [3.63, 3.8) is 0 Å². The molecule has 2 heterocycles. The molecule has 0 saturated carbocycles. The summed E-state index contributed by atoms with van der Waals surface area (Å²) in [6.07, 6.45) is -0.391. The Morgan fingerprint density at radius 1 is 0.871 bits per heavy atom. The second-order valence-corrected chi connectivity index (χ2v) is 7.37. The predicted octanol–water partition coefficient (Wildman–Crippen LogP) is 3.51. The first-order valence-corrected chi connectivity index (χ1v) is 9.59. The largest absolute Gasteiger partial charge is 1.00 e. The lowest BCUT2D eigenvalue weighted by Gasteiger charge is -2.12. The van der Waals surface area contributed by atoms with Crippen LogP contribution in [-0.4, -0.2) is 22.8 Å². The number of aromatic amines is 1. The van der Waals surface area contributed by atoms with E-state index in [2.05, 4.69) is 4.98 Å². The maximum atomic E-state index is 13.1. The van der Waals surface area contributed by atoms with E-state index in [0.29, 0.717) is 0 Å². The van der Waals surface area contributed by atoms with Gasteiger partial charge in [-0.15, -0.1) is 0 Å². The number of nitrogens with zero attached hydrogens (tertiary/aromatic N) is 1. The highest BCUT2D eigenvalue weighted by Gasteiger charge is 2.31. The van der Waals surface area contributed by atoms with Gasteiger partial charge in [0.05, 0.1) is 16.7 Å². The number of fused-ring (bicyclic) bond motifs is 2. The van der Waals surface area contributed by atoms with E-state index in [1.807, 2.05) is 72.6 Å². The van der Waals surface area contributed by atoms with Crippen molar-refractivity contribution >= 4 is 34.0 Å². The third-order valence-electron chi connectivity index (χ3n) is 5.53. The first-order chi connectivity index (χ1) is 14.4. The summed E-state index contributed by atoms with van der Waals surface area (Å²) < 4.78 is 41.4. The van der Waals surface area contributed by atoms with Crippen LogP contribution in [0.3, 0.4) is 0 Å². The van der Waals surface area contributed by atoms with Crippen LogP contribution >= 0.6 is 0 Å². The highest BCUT2D eigenvalue weighted by Crippen LogP contribution is 2.41. The zero-order chi connectivity index (χ0) is 20.9. The number of hydrogen-bond donors (Lipinski definition) is 1. The Morgan fingerprint density at radius 2 is 1.55 bits per heavy atom. The highest BCUT2D eigenvalue weighted by molar-refractivity contribution is 6.25. The Balaban J connectivity index is 0.00000231. The molecule has 0 fully saturated rings. The fraction of sp³-hybridized carbons (Fsp3) is 0.0800. The van der Waals surface area contributed by atoms with Gasteiger partial charge in [0.25, 0.3) is 0 Å². The average molecular weight is 439 g/mol. The lowest BCUT2D eigenvalue weighted by molar-refractivity contribution is -0.395. The van der Waals surface area contributed by atoms with Crippen LogP contribution in [0, 0.1) is 0 Å². The summed E-state index contributed by atoms with van der Waals surface area (Å²) in [6.45, 7) is 0. The van der Waals surface area contributed by atoms with Crippen LogP contribution in [-0.2, 0) is 6.18 Å². The third-order valence-corrected chi connectivity index (χ3v) is 5.53. The number of aromatic nitrogens is 1. The van der Waals surface area contributed by atoms with Crippen molar-refractivity contribution in [2.75, 3.05) is 7.05 Å². The normalized spacial score (nSPS) is 14.8. The second kappa shape index (κ2) is 7.75. The molecular weight excluding hydrogens is 421 g/mol. The molecule has 31 heavy (non-hydrogen) atoms. The molecule has 0 radical (unpaired) electrons. The minimum Gasteiger partial charge on any atom is -1.00 e. The lowest BCUT2D eigenvalue weighted by Crippen LogP contribution is -3.00. The Kier molecular flexibility index (Phi) is 5.23. The molecule has 0 atom stereocenters. The second-order valence-electron chi connectivity index (χ2n) is 7.37. The van der Waals surface area contributed by atoms with Gasteiger partial charge in [0.1, 0.15) is 7.05 Å². The predicted molar refractivity (Wildman–Crippen MR) is 114 cm³/mol. The van der Waals surface area contributed by atoms with Gasteiger partial charge in [0.2, 0.25) is 5.69 Å². The van der Waals surface area contributed by atoms with E-state index in [-0.39, 0.29) is 12.4 Å². The van der Waals surface area contributed by atoms with Gasteiger partial charge < -0.3 is 17.4 Å². The SMILES string of the molecule is C[N+]1=CC(=C(c2ccc(C(F)(F)F)cc2)c2c[nH]c3ccccc23)c2ccccc21.[Cl-]. The zero-order valence-electron chi connectivity index (χ0n) is 16.5. The van der Waals surface area contributed by atoms with Gasteiger partial charge in [-0.3, -0.25) is 0 Å². The molecule has 0 bridgehead atoms. The van der Waals surface area contributed by atoms with Crippen LogP contribution in [0.15, 0.2) is 79.0 Å². The van der Waals surface area contributed by atoms with Crippen LogP contribution in [0.2, 0.25) is 0 Å². The van der Waals surface area contributed by atoms with Gasteiger partial charge in [0.15, 0.2) is 6.21 Å². The van der Waals surface area contributed by atoms with E-state index >= 15 is 0 Å². The zero-order valence-corrected chi connectivity index (χ0v) is 17.3. The van der Waals surface area contributed by atoms with Gasteiger partial charge in [-0.1, -0.05) is 42.5 Å². The monoisotopic (exact) mass is 438 g/mol. The number of para-hydroxylation sites is 2. The molecule has 0 spiro atoms. The Hall–Kier alpha value is -3.31. The molecule has 0 saturated heterocycles. The Labute approximate surface area is 183 Å². The summed E-state index contributed by atoms with van der Waals surface area (Å²) in [4.78, 5) is 3.29. The molecule has 1 aromatic heterocycles. The average Bonchev–Trinajstić information content (AvgIpc) is 3.31. The minimum atomic E-state index is -4.36. The highest BCUT2D eigenvalue weighted by atomic mass is 35.5. The maximum absolute atomic E-state index is 13.1. The van der Waals surface area contributed by atoms with Crippen molar-refractivity contribution < 1.29 is 30.2 Å². The maximum Gasteiger partial charge on any atom is 0.416 e. The van der Waals surface area contributed by atoms with Crippen molar-refractivity contribution in [2.45, 2.75) is 6.18 Å². The molecule has 0 aliphatic carbocycles. The van der Waals surface area contributed by atoms with Gasteiger partial charge in [-0.25, -0.2) is 4.58 Å². The fourth-order valence-electron chi connectivity index (χ4n) is 4.10. The van der Waals surface area contributed by atoms with Crippen molar-refractivity contribution in [3.05, 3.63) is 101 Å². The van der Waals surface area contributed by atoms with Crippen molar-refractivity contribution in [1.82, 2.24) is 4.98 Å². The number of hydrogen-bond acceptors (Lipinski definition) is 0. The van der Waals surface area contributed by atoms with Gasteiger partial charge >= 0.3 is 6.18 Å². The van der Waals surface area contributed by atoms with Crippen molar-refractivity contribution in [1.29, 1.82) is 0 Å². The molecule has 3 aromatic carbocycles. The summed E-state index contributed by atoms with van der Waals surface area (Å²) in [6, 6.07) is 21.4. The van der Waals surface area contributed by atoms with Gasteiger partial charge in [0, 0.05) is 34.3 Å². The minimum absolute atomic E-state index is 0. The van der Waals surface area contributed by atoms with Crippen molar-refractivity contribution in [3.8, 4) is 0 Å². The smallest absolute Gasteiger partial charge is 0.416 e. The molecular formula is C25H18ClF3N2. The number of rotatable bonds is 2. The summed E-state index contributed by atoms with van der Waals surface area (Å²) in [5, 5.41) is 1.03. The number of alkyl halides is 3. The quantitative estimate of drug-likeness (QED) is 0.462. The molecule has 156 valence electrons. The van der Waals surface area contributed by atoms with Crippen LogP contribution in [0.25, 0.3) is 22.0 Å². The summed E-state index contributed by atoms with van der Waals surface area (Å²) in [7, 11) is 1.98. The summed E-state index contributed by atoms with van der Waals surface area (Å²) in [5.74, 6) is 0. The van der Waals surface area contributed by atoms with Crippen LogP contribution in [0.5, 0.6) is 0 Å². The molecule has 0 unspecified atom stereocenters. The standard InChI is InChI=1S/C25H17F3N2.ClH/c1-30-15-21(19-7-3-5-9-23(19)30)24(16-10-12-17(13-11-16)25(26,27)28)20-14-29-22-8-4-2-6-18(20)22;/h2-15H,1H3;1H. The molecule has 1 aliphatic heterocycles. The number of halogens is 4. The van der Waals surface area contributed by atoms with E-state index in [1.54, 1.807) is 12.1 Å². The van der Waals surface area contributed by atoms with Crippen LogP contribution in [0.4, 0.5) is 18.9 Å². The van der Waals surface area contributed by atoms with E-state index in [4.69, 9.17) is 0 Å². The van der Waals surface area contributed by atoms with Crippen molar-refractivity contribution in [2.24, 2.45) is 0 Å². The Morgan fingerprint density at radius 3 is 2.29 bits per heavy atom. The molecule has 1 N–H and O–H groups in total. The lowest BCUT2D eigenvalue weighted by atomic mass is 9.89. The number of benzene rings is 3. The van der Waals surface area contributed by atoms with Crippen LogP contribution in [0.1, 0.15) is 22.3 Å². The number of allylic oxidation sites excluding steroid dienone is 1. The molecule has 6 heteroatoms. The molecule has 2 nitrogen and oxygen atoms in total. The van der Waals surface area contributed by atoms with Crippen LogP contribution < -0.4 is 12.4 Å². The summed E-state index contributed by atoms with van der Waals surface area (Å²) >= 11 is 0. The topological polar surface area (TPSA) is 18.8 Å². The van der Waals surface area contributed by atoms with E-state index in [0.717, 1.165) is 56.6 Å². The van der Waals surface area contributed by atoms with E-state index in [1.165, 1.54) is 0 Å². The first kappa shape index (κ1) is 20.9. The van der Waals surface area contributed by atoms with Gasteiger partial charge in [-0.05, 0) is 29.8 Å². The fourth-order valence-corrected chi connectivity index (χ4v) is 4.10. The molecule has 5 rings (SSSR count). The van der Waals surface area contributed by atoms with E-state index in [9.17, 15) is 13.2 Å². The third kappa shape index (κ3) is 3.55. The Bertz CT molecular complexity index is 1330. The molecule has 1 aliphatic rings. The molecule has 4 aromatic rings. The number of nitrogens with one attached hydrogen (secondary N) is 1. The van der Waals surface area contributed by atoms with Gasteiger partial charge in [-0.2, -0.15) is 13.2 Å². The molecule has 0 amide bonds. The number of H-pyrrole nitrogens is 1. The first-order valence-electron chi connectivity index (χ1n) is 9.59. The summed E-state index contributed by atoms with van der Waals surface area (Å²) in [5.41, 5.74) is 6.04. The van der Waals surface area contributed by atoms with E-state index < -0.39 is 11.7 Å².